The monoisotopic (exact) mass is 311 g/mol. The first kappa shape index (κ1) is 15.0. The smallest absolute Gasteiger partial charge is 0.387 e. The Balaban J connectivity index is 2.05. The van der Waals surface area contributed by atoms with E-state index in [4.69, 9.17) is 0 Å². The van der Waals surface area contributed by atoms with Gasteiger partial charge in [-0.1, -0.05) is 29.5 Å². The van der Waals surface area contributed by atoms with Crippen molar-refractivity contribution in [3.63, 3.8) is 0 Å². The van der Waals surface area contributed by atoms with Crippen LogP contribution in [-0.4, -0.2) is 22.7 Å². The Bertz CT molecular complexity index is 658. The van der Waals surface area contributed by atoms with Crippen molar-refractivity contribution in [1.29, 1.82) is 0 Å². The number of carbonyl (C=O) groups excluding carboxylic acids is 1. The van der Waals surface area contributed by atoms with Gasteiger partial charge >= 0.3 is 6.61 Å². The fourth-order valence-corrected chi connectivity index (χ4v) is 2.08. The third-order valence-corrected chi connectivity index (χ3v) is 3.06. The van der Waals surface area contributed by atoms with Crippen LogP contribution in [0.2, 0.25) is 0 Å². The molecule has 1 amide bonds. The number of halogens is 2. The van der Waals surface area contributed by atoms with Gasteiger partial charge in [0.25, 0.3) is 0 Å². The van der Waals surface area contributed by atoms with Crippen molar-refractivity contribution in [2.45, 2.75) is 13.5 Å². The zero-order valence-corrected chi connectivity index (χ0v) is 11.7. The number of aryl methyl sites for hydroxylation is 1. The highest BCUT2D eigenvalue weighted by atomic mass is 32.1. The van der Waals surface area contributed by atoms with Crippen molar-refractivity contribution >= 4 is 28.5 Å². The van der Waals surface area contributed by atoms with Crippen LogP contribution >= 0.6 is 11.3 Å². The topological polar surface area (TPSA) is 64.1 Å². The summed E-state index contributed by atoms with van der Waals surface area (Å²) in [6.45, 7) is -1.15. The average Bonchev–Trinajstić information content (AvgIpc) is 2.82. The minimum Gasteiger partial charge on any atom is -0.434 e. The minimum absolute atomic E-state index is 0.00306. The van der Waals surface area contributed by atoms with E-state index in [1.165, 1.54) is 29.6 Å². The van der Waals surface area contributed by atoms with Crippen molar-refractivity contribution < 1.29 is 18.3 Å². The molecule has 2 rings (SSSR count). The van der Waals surface area contributed by atoms with E-state index in [-0.39, 0.29) is 5.75 Å². The molecule has 5 nitrogen and oxygen atoms in total. The van der Waals surface area contributed by atoms with Crippen LogP contribution in [0.1, 0.15) is 10.6 Å². The maximum absolute atomic E-state index is 12.2. The summed E-state index contributed by atoms with van der Waals surface area (Å²) >= 11 is 1.24. The van der Waals surface area contributed by atoms with Gasteiger partial charge < -0.3 is 4.74 Å². The summed E-state index contributed by atoms with van der Waals surface area (Å²) in [5, 5.41) is 11.1. The lowest BCUT2D eigenvalue weighted by atomic mass is 10.2. The minimum atomic E-state index is -2.92. The molecule has 0 saturated carbocycles. The number of alkyl halides is 2. The number of ether oxygens (including phenoxy) is 1. The summed E-state index contributed by atoms with van der Waals surface area (Å²) in [7, 11) is 0. The summed E-state index contributed by atoms with van der Waals surface area (Å²) in [6, 6.07) is 6.19. The predicted molar refractivity (Wildman–Crippen MR) is 75.4 cm³/mol. The third-order valence-electron chi connectivity index (χ3n) is 2.31. The number of anilines is 1. The molecule has 0 fully saturated rings. The molecular weight excluding hydrogens is 300 g/mol. The first-order chi connectivity index (χ1) is 10.0. The molecule has 2 aromatic rings. The summed E-state index contributed by atoms with van der Waals surface area (Å²) in [6.07, 6.45) is 2.60. The fraction of sp³-hybridized carbons (Fsp3) is 0.154. The molecule has 1 aromatic heterocycles. The lowest BCUT2D eigenvalue weighted by Gasteiger charge is -2.07. The van der Waals surface area contributed by atoms with Crippen LogP contribution < -0.4 is 10.1 Å². The lowest BCUT2D eigenvalue weighted by Crippen LogP contribution is -2.07. The Morgan fingerprint density at radius 3 is 2.81 bits per heavy atom. The first-order valence-corrected chi connectivity index (χ1v) is 6.69. The number of aromatic nitrogens is 2. The number of rotatable bonds is 5. The Labute approximate surface area is 123 Å². The Hall–Kier alpha value is -2.35. The summed E-state index contributed by atoms with van der Waals surface area (Å²) in [5.41, 5.74) is 0.376. The van der Waals surface area contributed by atoms with Crippen molar-refractivity contribution in [2.75, 3.05) is 5.32 Å². The molecule has 110 valence electrons. The van der Waals surface area contributed by atoms with Crippen LogP contribution in [0.4, 0.5) is 13.9 Å². The second kappa shape index (κ2) is 6.89. The van der Waals surface area contributed by atoms with Crippen LogP contribution in [0.5, 0.6) is 5.75 Å². The molecule has 0 bridgehead atoms. The second-order valence-corrected chi connectivity index (χ2v) is 5.05. The maximum Gasteiger partial charge on any atom is 0.387 e. The normalized spacial score (nSPS) is 11.0. The summed E-state index contributed by atoms with van der Waals surface area (Å²) < 4.78 is 28.9. The van der Waals surface area contributed by atoms with Crippen LogP contribution in [0.25, 0.3) is 6.08 Å². The highest BCUT2D eigenvalue weighted by Gasteiger charge is 2.08. The van der Waals surface area contributed by atoms with E-state index in [9.17, 15) is 13.6 Å². The molecule has 0 unspecified atom stereocenters. The quantitative estimate of drug-likeness (QED) is 0.862. The van der Waals surface area contributed by atoms with E-state index in [1.807, 2.05) is 0 Å². The Morgan fingerprint density at radius 1 is 1.38 bits per heavy atom. The molecule has 0 spiro atoms. The highest BCUT2D eigenvalue weighted by Crippen LogP contribution is 2.21. The summed E-state index contributed by atoms with van der Waals surface area (Å²) in [4.78, 5) is 11.7. The first-order valence-electron chi connectivity index (χ1n) is 5.87. The molecule has 0 radical (unpaired) electrons. The molecular formula is C13H11F2N3O2S. The van der Waals surface area contributed by atoms with Gasteiger partial charge in [0.05, 0.1) is 0 Å². The largest absolute Gasteiger partial charge is 0.434 e. The number of amides is 1. The van der Waals surface area contributed by atoms with Crippen molar-refractivity contribution in [3.8, 4) is 5.75 Å². The summed E-state index contributed by atoms with van der Waals surface area (Å²) in [5.74, 6) is -0.429. The van der Waals surface area contributed by atoms with Crippen LogP contribution in [-0.2, 0) is 4.79 Å². The number of nitrogens with one attached hydrogen (secondary N) is 1. The molecule has 21 heavy (non-hydrogen) atoms. The SMILES string of the molecule is Cc1nnc(NC(=O)/C=C/c2ccccc2OC(F)F)s1. The van der Waals surface area contributed by atoms with Gasteiger partial charge in [-0.05, 0) is 19.1 Å². The molecule has 0 aliphatic carbocycles. The van der Waals surface area contributed by atoms with E-state index in [2.05, 4.69) is 20.3 Å². The van der Waals surface area contributed by atoms with Crippen LogP contribution in [0, 0.1) is 6.92 Å². The third kappa shape index (κ3) is 4.60. The van der Waals surface area contributed by atoms with Crippen molar-refractivity contribution in [3.05, 3.63) is 40.9 Å². The number of hydrogen-bond acceptors (Lipinski definition) is 5. The van der Waals surface area contributed by atoms with Crippen molar-refractivity contribution in [1.82, 2.24) is 10.2 Å². The molecule has 8 heteroatoms. The van der Waals surface area contributed by atoms with Crippen LogP contribution in [0.3, 0.4) is 0 Å². The van der Waals surface area contributed by atoms with Gasteiger partial charge in [-0.25, -0.2) is 0 Å². The Kier molecular flexibility index (Phi) is 4.94. The van der Waals surface area contributed by atoms with Crippen LogP contribution in [0.15, 0.2) is 30.3 Å². The number of nitrogens with zero attached hydrogens (tertiary/aromatic N) is 2. The maximum atomic E-state index is 12.2. The molecule has 0 aliphatic heterocycles. The van der Waals surface area contributed by atoms with Gasteiger partial charge in [-0.2, -0.15) is 8.78 Å². The van der Waals surface area contributed by atoms with E-state index in [1.54, 1.807) is 25.1 Å². The molecule has 1 N–H and O–H groups in total. The standard InChI is InChI=1S/C13H11F2N3O2S/c1-8-17-18-13(21-8)16-11(19)7-6-9-4-2-3-5-10(9)20-12(14)15/h2-7,12H,1H3,(H,16,18,19)/b7-6+. The fourth-order valence-electron chi connectivity index (χ4n) is 1.48. The van der Waals surface area contributed by atoms with Gasteiger partial charge in [0.1, 0.15) is 10.8 Å². The number of carbonyl (C=O) groups is 1. The molecule has 0 aliphatic rings. The van der Waals surface area contributed by atoms with Gasteiger partial charge in [0, 0.05) is 11.6 Å². The van der Waals surface area contributed by atoms with E-state index < -0.39 is 12.5 Å². The number of hydrogen-bond donors (Lipinski definition) is 1. The molecule has 1 heterocycles. The zero-order valence-electron chi connectivity index (χ0n) is 10.9. The number of benzene rings is 1. The molecule has 0 atom stereocenters. The average molecular weight is 311 g/mol. The van der Waals surface area contributed by atoms with E-state index >= 15 is 0 Å². The number of para-hydroxylation sites is 1. The van der Waals surface area contributed by atoms with Gasteiger partial charge in [-0.3, -0.25) is 10.1 Å². The molecule has 0 saturated heterocycles. The molecule has 1 aromatic carbocycles. The Morgan fingerprint density at radius 2 is 2.14 bits per heavy atom. The van der Waals surface area contributed by atoms with Gasteiger partial charge in [0.15, 0.2) is 0 Å². The van der Waals surface area contributed by atoms with E-state index in [0.717, 1.165) is 5.01 Å². The van der Waals surface area contributed by atoms with E-state index in [0.29, 0.717) is 10.7 Å². The lowest BCUT2D eigenvalue weighted by molar-refractivity contribution is -0.111. The zero-order chi connectivity index (χ0) is 15.2. The predicted octanol–water partition coefficient (Wildman–Crippen LogP) is 3.10. The van der Waals surface area contributed by atoms with Gasteiger partial charge in [-0.15, -0.1) is 10.2 Å². The second-order valence-electron chi connectivity index (χ2n) is 3.87. The highest BCUT2D eigenvalue weighted by molar-refractivity contribution is 7.15. The van der Waals surface area contributed by atoms with Gasteiger partial charge in [0.2, 0.25) is 11.0 Å². The van der Waals surface area contributed by atoms with Crippen molar-refractivity contribution in [2.24, 2.45) is 0 Å².